The van der Waals surface area contributed by atoms with Gasteiger partial charge in [0.25, 0.3) is 0 Å². The van der Waals surface area contributed by atoms with Crippen molar-refractivity contribution in [2.45, 2.75) is 73.5 Å². The van der Waals surface area contributed by atoms with Crippen LogP contribution in [0.3, 0.4) is 0 Å². The molecule has 36 heavy (non-hydrogen) atoms. The van der Waals surface area contributed by atoms with Gasteiger partial charge in [0.1, 0.15) is 27.8 Å². The summed E-state index contributed by atoms with van der Waals surface area (Å²) in [5.74, 6) is -1.32. The van der Waals surface area contributed by atoms with Crippen LogP contribution < -0.4 is 10.1 Å². The maximum absolute atomic E-state index is 13.5. The highest BCUT2D eigenvalue weighted by Gasteiger charge is 2.51. The molecule has 1 aliphatic carbocycles. The third-order valence-corrected chi connectivity index (χ3v) is 7.97. The molecule has 0 bridgehead atoms. The zero-order valence-electron chi connectivity index (χ0n) is 19.7. The van der Waals surface area contributed by atoms with Gasteiger partial charge in [-0.05, 0) is 52.2 Å². The number of halogens is 4. The molecule has 2 unspecified atom stereocenters. The predicted octanol–water partition coefficient (Wildman–Crippen LogP) is 3.61. The number of carbonyl (C=O) groups is 2. The average Bonchev–Trinajstić information content (AvgIpc) is 3.35. The van der Waals surface area contributed by atoms with Gasteiger partial charge in [0.05, 0.1) is 11.3 Å². The van der Waals surface area contributed by atoms with Crippen LogP contribution in [-0.2, 0) is 19.4 Å². The van der Waals surface area contributed by atoms with E-state index in [1.165, 1.54) is 6.07 Å². The molecule has 2 atom stereocenters. The highest BCUT2D eigenvalue weighted by Crippen LogP contribution is 2.38. The van der Waals surface area contributed by atoms with Crippen LogP contribution in [0.2, 0.25) is 5.02 Å². The summed E-state index contributed by atoms with van der Waals surface area (Å²) < 4.78 is 75.2. The summed E-state index contributed by atoms with van der Waals surface area (Å²) in [5, 5.41) is 10.4. The van der Waals surface area contributed by atoms with Crippen LogP contribution in [0.1, 0.15) is 40.0 Å². The molecule has 1 saturated heterocycles. The van der Waals surface area contributed by atoms with Crippen LogP contribution in [0, 0.1) is 11.3 Å². The van der Waals surface area contributed by atoms with Crippen LogP contribution in [0.15, 0.2) is 23.1 Å². The number of amides is 2. The number of alkyl halides is 3. The summed E-state index contributed by atoms with van der Waals surface area (Å²) in [6, 6.07) is 3.86. The predicted molar refractivity (Wildman–Crippen MR) is 121 cm³/mol. The molecule has 2 amide bonds. The lowest BCUT2D eigenvalue weighted by Gasteiger charge is -2.28. The van der Waals surface area contributed by atoms with E-state index in [4.69, 9.17) is 21.1 Å². The third-order valence-electron chi connectivity index (χ3n) is 5.56. The number of hydrogen-bond acceptors (Lipinski definition) is 7. The monoisotopic (exact) mass is 551 g/mol. The molecule has 1 aliphatic heterocycles. The second-order valence-electron chi connectivity index (χ2n) is 9.73. The molecule has 1 aromatic rings. The van der Waals surface area contributed by atoms with E-state index in [2.05, 4.69) is 5.32 Å². The maximum Gasteiger partial charge on any atom is 0.422 e. The van der Waals surface area contributed by atoms with Crippen molar-refractivity contribution in [3.63, 3.8) is 0 Å². The van der Waals surface area contributed by atoms with Gasteiger partial charge in [0.15, 0.2) is 16.4 Å². The van der Waals surface area contributed by atoms with Gasteiger partial charge in [-0.2, -0.15) is 18.4 Å². The lowest BCUT2D eigenvalue weighted by atomic mass is 10.2. The number of carbonyl (C=O) groups excluding carboxylic acids is 2. The first-order chi connectivity index (χ1) is 16.5. The highest BCUT2D eigenvalue weighted by atomic mass is 35.5. The molecular formula is C22H25ClF3N3O6S. The topological polar surface area (TPSA) is 126 Å². The number of ether oxygens (including phenoxy) is 2. The number of likely N-dealkylation sites (tertiary alicyclic amines) is 1. The van der Waals surface area contributed by atoms with Crippen molar-refractivity contribution in [3.05, 3.63) is 23.2 Å². The van der Waals surface area contributed by atoms with Gasteiger partial charge >= 0.3 is 12.3 Å². The maximum atomic E-state index is 13.5. The molecule has 1 heterocycles. The molecule has 0 radical (unpaired) electrons. The second kappa shape index (κ2) is 9.63. The third kappa shape index (κ3) is 6.53. The van der Waals surface area contributed by atoms with E-state index in [1.54, 1.807) is 20.8 Å². The summed E-state index contributed by atoms with van der Waals surface area (Å²) in [6.45, 7) is 2.58. The normalized spacial score (nSPS) is 21.4. The number of nitriles is 1. The minimum Gasteiger partial charge on any atom is -0.483 e. The summed E-state index contributed by atoms with van der Waals surface area (Å²) in [6.07, 6.45) is -5.20. The molecular weight excluding hydrogens is 527 g/mol. The molecule has 14 heteroatoms. The smallest absolute Gasteiger partial charge is 0.422 e. The Kier molecular flexibility index (Phi) is 7.45. The van der Waals surface area contributed by atoms with E-state index in [9.17, 15) is 36.4 Å². The molecule has 9 nitrogen and oxygen atoms in total. The number of rotatable bonds is 6. The Morgan fingerprint density at radius 1 is 1.28 bits per heavy atom. The standard InChI is InChI=1S/C22H25ClF3N3O6S/c1-20(2,3)35-19(31)29-10-14(9-15(29)18(30)28-21(11-27)6-7-21)36(32,33)17-5-4-13(23)8-16(17)34-12-22(24,25)26/h4-5,8,14-15H,6-7,9-10,12H2,1-3H3,(H,28,30). The van der Waals surface area contributed by atoms with Crippen molar-refractivity contribution in [3.8, 4) is 11.8 Å². The van der Waals surface area contributed by atoms with Crippen molar-refractivity contribution in [2.75, 3.05) is 13.2 Å². The Morgan fingerprint density at radius 2 is 1.92 bits per heavy atom. The minimum absolute atomic E-state index is 0.0450. The van der Waals surface area contributed by atoms with Gasteiger partial charge in [-0.15, -0.1) is 0 Å². The molecule has 2 fully saturated rings. The van der Waals surface area contributed by atoms with Crippen LogP contribution in [0.25, 0.3) is 0 Å². The minimum atomic E-state index is -4.73. The van der Waals surface area contributed by atoms with Gasteiger partial charge in [-0.1, -0.05) is 11.6 Å². The Bertz CT molecular complexity index is 1190. The molecule has 0 aromatic heterocycles. The van der Waals surface area contributed by atoms with E-state index in [1.807, 2.05) is 6.07 Å². The van der Waals surface area contributed by atoms with E-state index in [-0.39, 0.29) is 11.4 Å². The van der Waals surface area contributed by atoms with Crippen molar-refractivity contribution in [2.24, 2.45) is 0 Å². The molecule has 0 spiro atoms. The lowest BCUT2D eigenvalue weighted by Crippen LogP contribution is -2.50. The second-order valence-corrected chi connectivity index (χ2v) is 12.4. The van der Waals surface area contributed by atoms with Gasteiger partial charge in [0.2, 0.25) is 5.91 Å². The van der Waals surface area contributed by atoms with Crippen molar-refractivity contribution < 1.29 is 40.7 Å². The summed E-state index contributed by atoms with van der Waals surface area (Å²) in [5.41, 5.74) is -2.02. The molecule has 2 aliphatic rings. The molecule has 3 rings (SSSR count). The van der Waals surface area contributed by atoms with Crippen LogP contribution in [-0.4, -0.2) is 67.1 Å². The summed E-state index contributed by atoms with van der Waals surface area (Å²) in [4.78, 5) is 26.3. The fourth-order valence-corrected chi connectivity index (χ4v) is 5.64. The Morgan fingerprint density at radius 3 is 2.44 bits per heavy atom. The van der Waals surface area contributed by atoms with Gasteiger partial charge in [-0.3, -0.25) is 9.69 Å². The zero-order chi connectivity index (χ0) is 27.1. The SMILES string of the molecule is CC(C)(C)OC(=O)N1CC(S(=O)(=O)c2ccc(Cl)cc2OCC(F)(F)F)CC1C(=O)NC1(C#N)CC1. The van der Waals surface area contributed by atoms with Crippen LogP contribution in [0.5, 0.6) is 5.75 Å². The Labute approximate surface area is 211 Å². The van der Waals surface area contributed by atoms with Gasteiger partial charge in [-0.25, -0.2) is 13.2 Å². The Hall–Kier alpha value is -2.72. The first kappa shape index (κ1) is 27.9. The Balaban J connectivity index is 1.93. The largest absolute Gasteiger partial charge is 0.483 e. The fourth-order valence-electron chi connectivity index (χ4n) is 3.67. The number of nitrogens with zero attached hydrogens (tertiary/aromatic N) is 2. The first-order valence-corrected chi connectivity index (χ1v) is 12.8. The van der Waals surface area contributed by atoms with E-state index < -0.39 is 74.2 Å². The van der Waals surface area contributed by atoms with Gasteiger partial charge in [0, 0.05) is 17.6 Å². The van der Waals surface area contributed by atoms with Crippen molar-refractivity contribution >= 4 is 33.4 Å². The number of nitrogens with one attached hydrogen (secondary N) is 1. The summed E-state index contributed by atoms with van der Waals surface area (Å²) in [7, 11) is -4.41. The molecule has 1 N–H and O–H groups in total. The quantitative estimate of drug-likeness (QED) is 0.572. The van der Waals surface area contributed by atoms with E-state index in [0.29, 0.717) is 12.8 Å². The molecule has 198 valence electrons. The number of hydrogen-bond donors (Lipinski definition) is 1. The van der Waals surface area contributed by atoms with E-state index in [0.717, 1.165) is 17.0 Å². The first-order valence-electron chi connectivity index (χ1n) is 10.9. The number of benzene rings is 1. The van der Waals surface area contributed by atoms with Gasteiger partial charge < -0.3 is 14.8 Å². The summed E-state index contributed by atoms with van der Waals surface area (Å²) >= 11 is 5.84. The molecule has 1 saturated carbocycles. The van der Waals surface area contributed by atoms with Crippen molar-refractivity contribution in [1.82, 2.24) is 10.2 Å². The molecule has 1 aromatic carbocycles. The highest BCUT2D eigenvalue weighted by molar-refractivity contribution is 7.92. The fraction of sp³-hybridized carbons (Fsp3) is 0.591. The van der Waals surface area contributed by atoms with Crippen LogP contribution in [0.4, 0.5) is 18.0 Å². The van der Waals surface area contributed by atoms with E-state index >= 15 is 0 Å². The zero-order valence-corrected chi connectivity index (χ0v) is 21.3. The lowest BCUT2D eigenvalue weighted by molar-refractivity contribution is -0.153. The average molecular weight is 552 g/mol. The van der Waals surface area contributed by atoms with Crippen LogP contribution >= 0.6 is 11.6 Å². The number of sulfone groups is 1. The van der Waals surface area contributed by atoms with Crippen molar-refractivity contribution in [1.29, 1.82) is 5.26 Å².